The molecule has 4 aromatic rings. The van der Waals surface area contributed by atoms with E-state index in [0.717, 1.165) is 5.56 Å². The molecule has 0 aliphatic carbocycles. The minimum Gasteiger partial charge on any atom is -0.486 e. The number of carbonyl (C=O) groups excluding carboxylic acids is 2. The van der Waals surface area contributed by atoms with E-state index < -0.39 is 18.1 Å². The van der Waals surface area contributed by atoms with Crippen LogP contribution < -0.4 is 25.0 Å². The van der Waals surface area contributed by atoms with Crippen molar-refractivity contribution in [3.8, 4) is 28.4 Å². The Balaban J connectivity index is 1.32. The van der Waals surface area contributed by atoms with Crippen molar-refractivity contribution < 1.29 is 33.0 Å². The Morgan fingerprint density at radius 1 is 0.950 bits per heavy atom. The average molecular weight is 544 g/mol. The molecule has 1 aliphatic heterocycles. The van der Waals surface area contributed by atoms with E-state index in [2.05, 4.69) is 5.32 Å². The van der Waals surface area contributed by atoms with Crippen molar-refractivity contribution in [1.29, 1.82) is 0 Å². The average Bonchev–Trinajstić information content (AvgIpc) is 2.95. The lowest BCUT2D eigenvalue weighted by Crippen LogP contribution is -2.46. The summed E-state index contributed by atoms with van der Waals surface area (Å²) < 4.78 is 28.0. The second-order valence-electron chi connectivity index (χ2n) is 9.73. The maximum Gasteiger partial charge on any atom is 0.408 e. The van der Waals surface area contributed by atoms with Crippen molar-refractivity contribution in [2.24, 2.45) is 5.92 Å². The minimum atomic E-state index is -0.953. The predicted octanol–water partition coefficient (Wildman–Crippen LogP) is 5.40. The van der Waals surface area contributed by atoms with E-state index in [4.69, 9.17) is 23.4 Å². The lowest BCUT2D eigenvalue weighted by molar-refractivity contribution is -0.137. The molecule has 2 heterocycles. The molecule has 0 fully saturated rings. The summed E-state index contributed by atoms with van der Waals surface area (Å²) >= 11 is 0. The fourth-order valence-corrected chi connectivity index (χ4v) is 4.45. The molecule has 40 heavy (non-hydrogen) atoms. The zero-order chi connectivity index (χ0) is 28.2. The number of hydrogen-bond donors (Lipinski definition) is 1. The molecule has 1 aromatic heterocycles. The third-order valence-corrected chi connectivity index (χ3v) is 6.50. The van der Waals surface area contributed by atoms with Gasteiger partial charge >= 0.3 is 12.1 Å². The number of hydrogen-bond acceptors (Lipinski definition) is 8. The highest BCUT2D eigenvalue weighted by Crippen LogP contribution is 2.35. The molecule has 0 bridgehead atoms. The zero-order valence-electron chi connectivity index (χ0n) is 22.4. The van der Waals surface area contributed by atoms with Gasteiger partial charge in [-0.1, -0.05) is 50.2 Å². The molecule has 0 saturated heterocycles. The summed E-state index contributed by atoms with van der Waals surface area (Å²) in [6.45, 7) is 6.25. The molecule has 206 valence electrons. The molecule has 0 spiro atoms. The minimum absolute atomic E-state index is 0.0733. The van der Waals surface area contributed by atoms with Gasteiger partial charge in [0.25, 0.3) is 0 Å². The molecule has 1 atom stereocenters. The highest BCUT2D eigenvalue weighted by molar-refractivity contribution is 5.86. The molecule has 1 N–H and O–H groups in total. The summed E-state index contributed by atoms with van der Waals surface area (Å²) in [6, 6.07) is 18.2. The number of fused-ring (bicyclic) bond motifs is 2. The van der Waals surface area contributed by atoms with Gasteiger partial charge in [0, 0.05) is 6.07 Å². The van der Waals surface area contributed by atoms with Crippen LogP contribution in [0.1, 0.15) is 25.2 Å². The largest absolute Gasteiger partial charge is 0.486 e. The first-order valence-corrected chi connectivity index (χ1v) is 13.0. The molecular weight excluding hydrogens is 514 g/mol. The first-order valence-electron chi connectivity index (χ1n) is 13.0. The lowest BCUT2D eigenvalue weighted by Gasteiger charge is -2.20. The summed E-state index contributed by atoms with van der Waals surface area (Å²) in [7, 11) is 0. The summed E-state index contributed by atoms with van der Waals surface area (Å²) in [6.07, 6.45) is -0.730. The number of alkyl carbamates (subject to hydrolysis) is 1. The second kappa shape index (κ2) is 11.5. The Kier molecular flexibility index (Phi) is 7.72. The quantitative estimate of drug-likeness (QED) is 0.244. The third-order valence-electron chi connectivity index (χ3n) is 6.50. The molecule has 0 saturated carbocycles. The molecule has 9 heteroatoms. The van der Waals surface area contributed by atoms with E-state index in [-0.39, 0.29) is 29.3 Å². The maximum atomic E-state index is 13.4. The summed E-state index contributed by atoms with van der Waals surface area (Å²) in [5, 5.41) is 2.91. The fraction of sp³-hybridized carbons (Fsp3) is 0.258. The normalized spacial score (nSPS) is 13.1. The zero-order valence-corrected chi connectivity index (χ0v) is 22.4. The highest BCUT2D eigenvalue weighted by atomic mass is 16.6. The van der Waals surface area contributed by atoms with Crippen LogP contribution in [0.15, 0.2) is 75.9 Å². The third kappa shape index (κ3) is 5.78. The van der Waals surface area contributed by atoms with Crippen LogP contribution >= 0.6 is 0 Å². The predicted molar refractivity (Wildman–Crippen MR) is 148 cm³/mol. The van der Waals surface area contributed by atoms with E-state index in [1.54, 1.807) is 45.0 Å². The number of esters is 1. The van der Waals surface area contributed by atoms with Gasteiger partial charge in [0.2, 0.25) is 5.43 Å². The van der Waals surface area contributed by atoms with Crippen LogP contribution in [-0.4, -0.2) is 31.3 Å². The summed E-state index contributed by atoms with van der Waals surface area (Å²) in [5.74, 6) is 0.840. The number of rotatable bonds is 7. The summed E-state index contributed by atoms with van der Waals surface area (Å²) in [5.41, 5.74) is 1.93. The van der Waals surface area contributed by atoms with Crippen LogP contribution in [0.5, 0.6) is 17.2 Å². The van der Waals surface area contributed by atoms with Crippen LogP contribution in [0, 0.1) is 12.8 Å². The van der Waals surface area contributed by atoms with Gasteiger partial charge in [0.1, 0.15) is 43.0 Å². The van der Waals surface area contributed by atoms with Gasteiger partial charge in [-0.15, -0.1) is 0 Å². The molecule has 1 amide bonds. The van der Waals surface area contributed by atoms with Gasteiger partial charge in [0.05, 0.1) is 10.9 Å². The number of nitrogens with one attached hydrogen (secondary N) is 1. The fourth-order valence-electron chi connectivity index (χ4n) is 4.45. The van der Waals surface area contributed by atoms with Crippen molar-refractivity contribution in [2.45, 2.75) is 33.4 Å². The van der Waals surface area contributed by atoms with Gasteiger partial charge in [-0.2, -0.15) is 0 Å². The van der Waals surface area contributed by atoms with Crippen LogP contribution in [0.4, 0.5) is 4.79 Å². The van der Waals surface area contributed by atoms with E-state index in [1.165, 1.54) is 12.1 Å². The van der Waals surface area contributed by atoms with Crippen LogP contribution in [-0.2, 0) is 16.1 Å². The van der Waals surface area contributed by atoms with Gasteiger partial charge in [-0.25, -0.2) is 9.59 Å². The smallest absolute Gasteiger partial charge is 0.408 e. The molecule has 0 radical (unpaired) electrons. The van der Waals surface area contributed by atoms with Crippen molar-refractivity contribution in [1.82, 2.24) is 5.32 Å². The first-order chi connectivity index (χ1) is 19.3. The topological polar surface area (TPSA) is 113 Å². The van der Waals surface area contributed by atoms with Gasteiger partial charge in [0.15, 0.2) is 11.5 Å². The van der Waals surface area contributed by atoms with Gasteiger partial charge in [-0.05, 0) is 48.2 Å². The van der Waals surface area contributed by atoms with Crippen LogP contribution in [0.25, 0.3) is 22.1 Å². The SMILES string of the molecule is Cc1oc2cc(OC(=O)[C@H](NC(=O)OCc3ccccc3)C(C)C)ccc2c(=O)c1-c1ccc2c(c1)OCCO2. The van der Waals surface area contributed by atoms with Crippen LogP contribution in [0.2, 0.25) is 0 Å². The Bertz CT molecular complexity index is 1610. The summed E-state index contributed by atoms with van der Waals surface area (Å²) in [4.78, 5) is 38.8. The molecule has 5 rings (SSSR count). The number of benzene rings is 3. The van der Waals surface area contributed by atoms with Crippen molar-refractivity contribution in [3.63, 3.8) is 0 Å². The molecule has 0 unspecified atom stereocenters. The first kappa shape index (κ1) is 26.8. The van der Waals surface area contributed by atoms with E-state index >= 15 is 0 Å². The lowest BCUT2D eigenvalue weighted by atomic mass is 10.0. The Morgan fingerprint density at radius 3 is 2.45 bits per heavy atom. The van der Waals surface area contributed by atoms with Crippen molar-refractivity contribution >= 4 is 23.0 Å². The monoisotopic (exact) mass is 543 g/mol. The molecule has 9 nitrogen and oxygen atoms in total. The van der Waals surface area contributed by atoms with E-state index in [9.17, 15) is 14.4 Å². The second-order valence-corrected chi connectivity index (χ2v) is 9.73. The number of amides is 1. The molecule has 1 aliphatic rings. The molecular formula is C31H29NO8. The number of aryl methyl sites for hydroxylation is 1. The standard InChI is InChI=1S/C31H29NO8/c1-18(2)28(32-31(35)38-17-20-7-5-4-6-8-20)30(34)40-22-10-11-23-25(16-22)39-19(3)27(29(23)33)21-9-12-24-26(15-21)37-14-13-36-24/h4-12,15-16,18,28H,13-14,17H2,1-3H3,(H,32,35)/t28-/m1/s1. The Hall–Kier alpha value is -4.79. The highest BCUT2D eigenvalue weighted by Gasteiger charge is 2.27. The van der Waals surface area contributed by atoms with Crippen molar-refractivity contribution in [3.05, 3.63) is 88.3 Å². The Labute approximate surface area is 230 Å². The van der Waals surface area contributed by atoms with E-state index in [0.29, 0.717) is 47.0 Å². The van der Waals surface area contributed by atoms with Crippen molar-refractivity contribution in [2.75, 3.05) is 13.2 Å². The Morgan fingerprint density at radius 2 is 1.70 bits per heavy atom. The van der Waals surface area contributed by atoms with Gasteiger partial charge in [-0.3, -0.25) is 4.79 Å². The van der Waals surface area contributed by atoms with E-state index in [1.807, 2.05) is 30.3 Å². The number of carbonyl (C=O) groups is 2. The maximum absolute atomic E-state index is 13.4. The number of ether oxygens (including phenoxy) is 4. The molecule has 3 aromatic carbocycles. The van der Waals surface area contributed by atoms with Crippen LogP contribution in [0.3, 0.4) is 0 Å². The van der Waals surface area contributed by atoms with Gasteiger partial charge < -0.3 is 28.7 Å².